The van der Waals surface area contributed by atoms with Gasteiger partial charge in [0.25, 0.3) is 0 Å². The number of aromatic hydroxyl groups is 1. The lowest BCUT2D eigenvalue weighted by atomic mass is 10.0. The summed E-state index contributed by atoms with van der Waals surface area (Å²) >= 11 is 1.04. The second kappa shape index (κ2) is 8.19. The van der Waals surface area contributed by atoms with Crippen molar-refractivity contribution in [3.8, 4) is 16.5 Å². The number of carbonyl (C=O) groups excluding carboxylic acids is 1. The van der Waals surface area contributed by atoms with Gasteiger partial charge in [0.1, 0.15) is 28.9 Å². The zero-order chi connectivity index (χ0) is 23.0. The quantitative estimate of drug-likeness (QED) is 0.383. The van der Waals surface area contributed by atoms with Crippen LogP contribution in [0.15, 0.2) is 54.9 Å². The fraction of sp³-hybridized carbons (Fsp3) is 0.182. The Hall–Kier alpha value is -3.53. The summed E-state index contributed by atoms with van der Waals surface area (Å²) in [5.74, 6) is -0.555. The van der Waals surface area contributed by atoms with E-state index in [2.05, 4.69) is 4.98 Å². The van der Waals surface area contributed by atoms with Gasteiger partial charge in [0.2, 0.25) is 0 Å². The van der Waals surface area contributed by atoms with Crippen LogP contribution in [0.25, 0.3) is 16.0 Å². The van der Waals surface area contributed by atoms with E-state index < -0.39 is 23.8 Å². The molecule has 0 amide bonds. The highest BCUT2D eigenvalue weighted by Gasteiger charge is 2.35. The Morgan fingerprint density at radius 1 is 1.19 bits per heavy atom. The first-order valence-electron chi connectivity index (χ1n) is 9.40. The van der Waals surface area contributed by atoms with Crippen LogP contribution in [-0.4, -0.2) is 27.7 Å². The minimum Gasteiger partial charge on any atom is -0.508 e. The Bertz CT molecular complexity index is 1300. The van der Waals surface area contributed by atoms with Crippen LogP contribution in [0, 0.1) is 0 Å². The number of benzene rings is 2. The van der Waals surface area contributed by atoms with E-state index in [0.29, 0.717) is 16.0 Å². The molecule has 166 valence electrons. The minimum atomic E-state index is -4.54. The number of imidazole rings is 1. The molecule has 0 saturated carbocycles. The van der Waals surface area contributed by atoms with Crippen molar-refractivity contribution >= 4 is 28.3 Å². The summed E-state index contributed by atoms with van der Waals surface area (Å²) in [7, 11) is 1.21. The molecule has 4 rings (SSSR count). The van der Waals surface area contributed by atoms with Gasteiger partial charge in [0.05, 0.1) is 23.7 Å². The molecule has 0 aliphatic heterocycles. The molecule has 0 radical (unpaired) electrons. The number of rotatable bonds is 5. The Labute approximate surface area is 184 Å². The molecule has 0 bridgehead atoms. The number of fused-ring (bicyclic) bond motifs is 1. The Kier molecular flexibility index (Phi) is 5.55. The number of methoxy groups -OCH3 is 1. The van der Waals surface area contributed by atoms with E-state index in [1.807, 2.05) is 0 Å². The van der Waals surface area contributed by atoms with Crippen LogP contribution < -0.4 is 4.74 Å². The van der Waals surface area contributed by atoms with E-state index >= 15 is 0 Å². The summed E-state index contributed by atoms with van der Waals surface area (Å²) in [6.45, 7) is 1.48. The largest absolute Gasteiger partial charge is 0.508 e. The minimum absolute atomic E-state index is 0.0397. The molecule has 2 aromatic carbocycles. The van der Waals surface area contributed by atoms with Crippen molar-refractivity contribution < 1.29 is 32.5 Å². The number of carbonyl (C=O) groups is 1. The molecule has 4 aromatic rings. The number of hydrogen-bond donors (Lipinski definition) is 1. The number of phenols is 1. The van der Waals surface area contributed by atoms with Crippen molar-refractivity contribution in [2.45, 2.75) is 19.2 Å². The summed E-state index contributed by atoms with van der Waals surface area (Å²) in [4.78, 5) is 16.7. The molecule has 0 fully saturated rings. The van der Waals surface area contributed by atoms with Gasteiger partial charge >= 0.3 is 12.1 Å². The van der Waals surface area contributed by atoms with Crippen LogP contribution in [-0.2, 0) is 10.9 Å². The number of esters is 1. The molecule has 2 aromatic heterocycles. The monoisotopic (exact) mass is 462 g/mol. The summed E-state index contributed by atoms with van der Waals surface area (Å²) in [5.41, 5.74) is 0.343. The topological polar surface area (TPSA) is 73.6 Å². The smallest absolute Gasteiger partial charge is 0.416 e. The lowest BCUT2D eigenvalue weighted by Crippen LogP contribution is -2.14. The molecular weight excluding hydrogens is 445 g/mol. The van der Waals surface area contributed by atoms with Crippen LogP contribution in [0.3, 0.4) is 0 Å². The molecule has 2 heterocycles. The van der Waals surface area contributed by atoms with E-state index in [1.165, 1.54) is 56.8 Å². The number of phenolic OH excluding ortho intramolecular Hbond substituents is 1. The number of alkyl halides is 3. The van der Waals surface area contributed by atoms with E-state index in [0.717, 1.165) is 17.4 Å². The van der Waals surface area contributed by atoms with Crippen molar-refractivity contribution in [1.29, 1.82) is 0 Å². The van der Waals surface area contributed by atoms with Crippen molar-refractivity contribution in [3.63, 3.8) is 0 Å². The van der Waals surface area contributed by atoms with Crippen LogP contribution >= 0.6 is 11.3 Å². The molecule has 0 unspecified atom stereocenters. The first-order chi connectivity index (χ1) is 15.2. The highest BCUT2D eigenvalue weighted by Crippen LogP contribution is 2.39. The Balaban J connectivity index is 1.76. The molecule has 0 aliphatic rings. The maximum Gasteiger partial charge on any atom is 0.416 e. The third-order valence-corrected chi connectivity index (χ3v) is 5.93. The van der Waals surface area contributed by atoms with E-state index in [9.17, 15) is 23.1 Å². The van der Waals surface area contributed by atoms with E-state index in [1.54, 1.807) is 10.6 Å². The van der Waals surface area contributed by atoms with E-state index in [4.69, 9.17) is 9.47 Å². The van der Waals surface area contributed by atoms with Gasteiger partial charge in [-0.25, -0.2) is 9.78 Å². The van der Waals surface area contributed by atoms with Crippen LogP contribution in [0.5, 0.6) is 11.5 Å². The average molecular weight is 462 g/mol. The lowest BCUT2D eigenvalue weighted by Gasteiger charge is -2.19. The molecular formula is C22H17F3N2O4S. The second-order valence-corrected chi connectivity index (χ2v) is 7.93. The second-order valence-electron chi connectivity index (χ2n) is 6.90. The Morgan fingerprint density at radius 3 is 2.66 bits per heavy atom. The highest BCUT2D eigenvalue weighted by molar-refractivity contribution is 7.16. The number of hydrogen-bond acceptors (Lipinski definition) is 6. The third kappa shape index (κ3) is 4.01. The number of aromatic nitrogens is 2. The predicted molar refractivity (Wildman–Crippen MR) is 112 cm³/mol. The molecule has 1 N–H and O–H groups in total. The summed E-state index contributed by atoms with van der Waals surface area (Å²) in [6.07, 6.45) is -4.03. The number of halogens is 3. The van der Waals surface area contributed by atoms with Gasteiger partial charge in [-0.05, 0) is 25.1 Å². The average Bonchev–Trinajstić information content (AvgIpc) is 3.36. The standard InChI is InChI=1S/C22H17F3N2O4S/c1-12(14-5-3-4-6-15(14)22(23,24)25)31-18-10-19(32-20(18)21(29)30-2)27-11-26-16-8-7-13(28)9-17(16)27/h3-12,28H,1-2H3/t12-/m1/s1. The first kappa shape index (κ1) is 21.7. The molecule has 10 heteroatoms. The van der Waals surface area contributed by atoms with Gasteiger partial charge < -0.3 is 14.6 Å². The van der Waals surface area contributed by atoms with Gasteiger partial charge in [0, 0.05) is 17.7 Å². The predicted octanol–water partition coefficient (Wildman–Crippen LogP) is 5.74. The highest BCUT2D eigenvalue weighted by atomic mass is 32.1. The Morgan fingerprint density at radius 2 is 1.94 bits per heavy atom. The maximum absolute atomic E-state index is 13.4. The van der Waals surface area contributed by atoms with Gasteiger partial charge in [-0.2, -0.15) is 13.2 Å². The van der Waals surface area contributed by atoms with Crippen LogP contribution in [0.1, 0.15) is 33.8 Å². The third-order valence-electron chi connectivity index (χ3n) is 4.83. The van der Waals surface area contributed by atoms with Gasteiger partial charge in [-0.1, -0.05) is 18.2 Å². The molecule has 6 nitrogen and oxygen atoms in total. The number of ether oxygens (including phenoxy) is 2. The molecule has 0 aliphatic carbocycles. The van der Waals surface area contributed by atoms with Gasteiger partial charge in [-0.3, -0.25) is 4.57 Å². The van der Waals surface area contributed by atoms with Crippen LogP contribution in [0.2, 0.25) is 0 Å². The molecule has 0 spiro atoms. The number of nitrogens with zero attached hydrogens (tertiary/aromatic N) is 2. The maximum atomic E-state index is 13.4. The van der Waals surface area contributed by atoms with E-state index in [-0.39, 0.29) is 21.9 Å². The lowest BCUT2D eigenvalue weighted by molar-refractivity contribution is -0.139. The van der Waals surface area contributed by atoms with Gasteiger partial charge in [-0.15, -0.1) is 11.3 Å². The van der Waals surface area contributed by atoms with Gasteiger partial charge in [0.15, 0.2) is 4.88 Å². The first-order valence-corrected chi connectivity index (χ1v) is 10.2. The summed E-state index contributed by atoms with van der Waals surface area (Å²) < 4.78 is 52.6. The summed E-state index contributed by atoms with van der Waals surface area (Å²) in [6, 6.07) is 11.3. The molecule has 1 atom stereocenters. The zero-order valence-corrected chi connectivity index (χ0v) is 17.7. The molecule has 0 saturated heterocycles. The van der Waals surface area contributed by atoms with Crippen LogP contribution in [0.4, 0.5) is 13.2 Å². The van der Waals surface area contributed by atoms with Crippen molar-refractivity contribution in [1.82, 2.24) is 9.55 Å². The SMILES string of the molecule is COC(=O)c1sc(-n2cnc3ccc(O)cc32)cc1O[C@H](C)c1ccccc1C(F)(F)F. The van der Waals surface area contributed by atoms with Crippen molar-refractivity contribution in [3.05, 3.63) is 70.9 Å². The normalized spacial score (nSPS) is 12.7. The zero-order valence-electron chi connectivity index (χ0n) is 16.9. The fourth-order valence-corrected chi connectivity index (χ4v) is 4.33. The van der Waals surface area contributed by atoms with Crippen molar-refractivity contribution in [2.24, 2.45) is 0 Å². The summed E-state index contributed by atoms with van der Waals surface area (Å²) in [5, 5.41) is 10.3. The fourth-order valence-electron chi connectivity index (χ4n) is 3.34. The molecule has 32 heavy (non-hydrogen) atoms. The van der Waals surface area contributed by atoms with Crippen molar-refractivity contribution in [2.75, 3.05) is 7.11 Å². The number of thiophene rings is 1.